The molecule has 0 saturated heterocycles. The maximum absolute atomic E-state index is 9.34. The zero-order valence-corrected chi connectivity index (χ0v) is 13.7. The molecule has 0 spiro atoms. The molecule has 2 aromatic rings. The maximum Gasteiger partial charge on any atom is 0.137 e. The summed E-state index contributed by atoms with van der Waals surface area (Å²) in [5, 5.41) is 10.5. The van der Waals surface area contributed by atoms with E-state index in [4.69, 9.17) is 27.9 Å². The highest BCUT2D eigenvalue weighted by Crippen LogP contribution is 2.28. The van der Waals surface area contributed by atoms with Crippen molar-refractivity contribution in [3.05, 3.63) is 63.6 Å². The van der Waals surface area contributed by atoms with E-state index in [1.54, 1.807) is 24.3 Å². The molecule has 0 heterocycles. The fraction of sp³-hybridized carbons (Fsp3) is 0.167. The molecule has 0 atom stereocenters. The lowest BCUT2D eigenvalue weighted by Crippen LogP contribution is -1.95. The van der Waals surface area contributed by atoms with Gasteiger partial charge in [-0.1, -0.05) is 48.3 Å². The molecule has 4 heteroatoms. The molecule has 0 bridgehead atoms. The fourth-order valence-corrected chi connectivity index (χ4v) is 2.28. The van der Waals surface area contributed by atoms with E-state index in [0.717, 1.165) is 17.5 Å². The molecule has 2 nitrogen and oxygen atoms in total. The molecule has 0 amide bonds. The molecule has 0 aromatic heterocycles. The van der Waals surface area contributed by atoms with Crippen LogP contribution in [0.15, 0.2) is 42.5 Å². The third kappa shape index (κ3) is 4.27. The van der Waals surface area contributed by atoms with Gasteiger partial charge in [0.05, 0.1) is 23.3 Å². The van der Waals surface area contributed by atoms with Gasteiger partial charge >= 0.3 is 0 Å². The lowest BCUT2D eigenvalue weighted by atomic mass is 10.0. The summed E-state index contributed by atoms with van der Waals surface area (Å²) in [7, 11) is 0. The molecule has 112 valence electrons. The highest BCUT2D eigenvalue weighted by Gasteiger charge is 2.05. The molecule has 0 saturated carbocycles. The molecule has 0 unspecified atom stereocenters. The Kier molecular flexibility index (Phi) is 5.89. The topological polar surface area (TPSA) is 33.0 Å². The molecule has 0 aliphatic carbocycles. The lowest BCUT2D eigenvalue weighted by molar-refractivity contribution is 0.317. The van der Waals surface area contributed by atoms with Crippen molar-refractivity contribution in [1.29, 1.82) is 5.26 Å². The second kappa shape index (κ2) is 7.89. The zero-order valence-electron chi connectivity index (χ0n) is 12.1. The average Bonchev–Trinajstić information content (AvgIpc) is 2.53. The largest absolute Gasteiger partial charge is 0.492 e. The van der Waals surface area contributed by atoms with Gasteiger partial charge in [0.25, 0.3) is 0 Å². The van der Waals surface area contributed by atoms with Gasteiger partial charge in [-0.05, 0) is 47.9 Å². The third-order valence-electron chi connectivity index (χ3n) is 3.00. The van der Waals surface area contributed by atoms with Crippen molar-refractivity contribution in [3.8, 4) is 11.8 Å². The number of rotatable bonds is 5. The van der Waals surface area contributed by atoms with Crippen molar-refractivity contribution < 1.29 is 4.74 Å². The van der Waals surface area contributed by atoms with Crippen molar-refractivity contribution in [3.63, 3.8) is 0 Å². The number of hydrogen-bond acceptors (Lipinski definition) is 2. The van der Waals surface area contributed by atoms with Gasteiger partial charge in [-0.25, -0.2) is 0 Å². The van der Waals surface area contributed by atoms with E-state index in [1.165, 1.54) is 0 Å². The van der Waals surface area contributed by atoms with Crippen molar-refractivity contribution >= 4 is 34.9 Å². The zero-order chi connectivity index (χ0) is 15.9. The number of hydrogen-bond donors (Lipinski definition) is 0. The van der Waals surface area contributed by atoms with E-state index in [9.17, 15) is 5.26 Å². The summed E-state index contributed by atoms with van der Waals surface area (Å²) >= 11 is 12.1. The Labute approximate surface area is 140 Å². The summed E-state index contributed by atoms with van der Waals surface area (Å²) in [5.41, 5.74) is 2.21. The van der Waals surface area contributed by atoms with E-state index in [-0.39, 0.29) is 0 Å². The van der Waals surface area contributed by atoms with Gasteiger partial charge in [0.2, 0.25) is 0 Å². The fourth-order valence-electron chi connectivity index (χ4n) is 1.91. The average molecular weight is 332 g/mol. The maximum atomic E-state index is 9.34. The standard InChI is InChI=1S/C18H15Cl2NO/c1-2-9-22-18-8-3-13(11-17(18)20)10-15(12-21)14-4-6-16(19)7-5-14/h3-8,10-11H,2,9H2,1H3/b15-10+. The first-order chi connectivity index (χ1) is 10.6. The van der Waals surface area contributed by atoms with Gasteiger partial charge in [-0.2, -0.15) is 5.26 Å². The van der Waals surface area contributed by atoms with Crippen LogP contribution in [0.5, 0.6) is 5.75 Å². The number of nitrogens with zero attached hydrogens (tertiary/aromatic N) is 1. The molecule has 22 heavy (non-hydrogen) atoms. The third-order valence-corrected chi connectivity index (χ3v) is 3.55. The van der Waals surface area contributed by atoms with Crippen molar-refractivity contribution in [2.75, 3.05) is 6.61 Å². The van der Waals surface area contributed by atoms with Crippen LogP contribution in [-0.4, -0.2) is 6.61 Å². The summed E-state index contributed by atoms with van der Waals surface area (Å²) < 4.78 is 5.54. The van der Waals surface area contributed by atoms with Gasteiger partial charge in [-0.15, -0.1) is 0 Å². The summed E-state index contributed by atoms with van der Waals surface area (Å²) in [4.78, 5) is 0. The lowest BCUT2D eigenvalue weighted by Gasteiger charge is -2.07. The van der Waals surface area contributed by atoms with Crippen LogP contribution in [0.1, 0.15) is 24.5 Å². The minimum Gasteiger partial charge on any atom is -0.492 e. The highest BCUT2D eigenvalue weighted by molar-refractivity contribution is 6.32. The molecule has 0 aliphatic heterocycles. The van der Waals surface area contributed by atoms with E-state index in [2.05, 4.69) is 6.07 Å². The van der Waals surface area contributed by atoms with Crippen LogP contribution < -0.4 is 4.74 Å². The van der Waals surface area contributed by atoms with Gasteiger partial charge in [0.1, 0.15) is 5.75 Å². The van der Waals surface area contributed by atoms with Crippen molar-refractivity contribution in [1.82, 2.24) is 0 Å². The van der Waals surface area contributed by atoms with Crippen LogP contribution in [0.25, 0.3) is 11.6 Å². The minimum absolute atomic E-state index is 0.538. The van der Waals surface area contributed by atoms with Gasteiger partial charge in [0.15, 0.2) is 0 Å². The molecule has 0 aliphatic rings. The Bertz CT molecular complexity index is 715. The van der Waals surface area contributed by atoms with Crippen LogP contribution in [0, 0.1) is 11.3 Å². The van der Waals surface area contributed by atoms with Crippen LogP contribution in [-0.2, 0) is 0 Å². The number of benzene rings is 2. The Hall–Kier alpha value is -1.95. The quantitative estimate of drug-likeness (QED) is 0.508. The molecular formula is C18H15Cl2NO. The first kappa shape index (κ1) is 16.4. The van der Waals surface area contributed by atoms with Crippen LogP contribution in [0.2, 0.25) is 10.0 Å². The highest BCUT2D eigenvalue weighted by atomic mass is 35.5. The van der Waals surface area contributed by atoms with E-state index < -0.39 is 0 Å². The van der Waals surface area contributed by atoms with E-state index >= 15 is 0 Å². The predicted octanol–water partition coefficient (Wildman–Crippen LogP) is 5.85. The molecule has 0 fully saturated rings. The Morgan fingerprint density at radius 1 is 1.18 bits per heavy atom. The number of halogens is 2. The van der Waals surface area contributed by atoms with Crippen molar-refractivity contribution in [2.45, 2.75) is 13.3 Å². The predicted molar refractivity (Wildman–Crippen MR) is 92.2 cm³/mol. The van der Waals surface area contributed by atoms with Gasteiger partial charge < -0.3 is 4.74 Å². The summed E-state index contributed by atoms with van der Waals surface area (Å²) in [6.45, 7) is 2.67. The molecule has 0 radical (unpaired) electrons. The molecule has 2 rings (SSSR count). The molecule has 2 aromatic carbocycles. The second-order valence-corrected chi connectivity index (χ2v) is 5.56. The van der Waals surface area contributed by atoms with Gasteiger partial charge in [-0.3, -0.25) is 0 Å². The Balaban J connectivity index is 2.28. The van der Waals surface area contributed by atoms with Gasteiger partial charge in [0, 0.05) is 5.02 Å². The normalized spacial score (nSPS) is 11.1. The summed E-state index contributed by atoms with van der Waals surface area (Å²) in [6, 6.07) is 14.8. The Morgan fingerprint density at radius 2 is 1.91 bits per heavy atom. The first-order valence-corrected chi connectivity index (χ1v) is 7.69. The smallest absolute Gasteiger partial charge is 0.137 e. The van der Waals surface area contributed by atoms with Crippen LogP contribution in [0.3, 0.4) is 0 Å². The van der Waals surface area contributed by atoms with E-state index in [0.29, 0.717) is 28.0 Å². The minimum atomic E-state index is 0.538. The molecule has 0 N–H and O–H groups in total. The summed E-state index contributed by atoms with van der Waals surface area (Å²) in [6.07, 6.45) is 2.71. The number of allylic oxidation sites excluding steroid dienone is 1. The van der Waals surface area contributed by atoms with E-state index in [1.807, 2.05) is 31.2 Å². The van der Waals surface area contributed by atoms with Crippen LogP contribution >= 0.6 is 23.2 Å². The monoisotopic (exact) mass is 331 g/mol. The number of nitriles is 1. The van der Waals surface area contributed by atoms with Crippen molar-refractivity contribution in [2.24, 2.45) is 0 Å². The number of ether oxygens (including phenoxy) is 1. The second-order valence-electron chi connectivity index (χ2n) is 4.72. The first-order valence-electron chi connectivity index (χ1n) is 6.94. The SMILES string of the molecule is CCCOc1ccc(/C=C(\C#N)c2ccc(Cl)cc2)cc1Cl. The van der Waals surface area contributed by atoms with Crippen LogP contribution in [0.4, 0.5) is 0 Å². The Morgan fingerprint density at radius 3 is 2.50 bits per heavy atom. The summed E-state index contributed by atoms with van der Waals surface area (Å²) in [5.74, 6) is 0.658. The molecular weight excluding hydrogens is 317 g/mol.